The molecule has 3 rings (SSSR count). The fourth-order valence-electron chi connectivity index (χ4n) is 3.23. The molecular formula is C19H20F3N3O3S. The number of nitrogens with one attached hydrogen (secondary N) is 1. The Morgan fingerprint density at radius 3 is 2.66 bits per heavy atom. The highest BCUT2D eigenvalue weighted by molar-refractivity contribution is 8.00. The standard InChI is InChI=1S/C19H20F3N3O3S/c1-11-16(18(26)27)24-10-25-17(11)23-9-13-3-2-4-15(28-13)12-5-7-14(8-6-12)29-19(20,21)22/h5-8,10,13,15H,2-4,9H2,1H3,(H,26,27)(H,23,24,25)/t13-,15+/m1/s1. The topological polar surface area (TPSA) is 84.3 Å². The van der Waals surface area contributed by atoms with E-state index in [2.05, 4.69) is 15.3 Å². The Labute approximate surface area is 169 Å². The van der Waals surface area contributed by atoms with Crippen molar-refractivity contribution in [2.24, 2.45) is 0 Å². The van der Waals surface area contributed by atoms with Gasteiger partial charge in [0, 0.05) is 17.0 Å². The van der Waals surface area contributed by atoms with Crippen LogP contribution in [-0.2, 0) is 4.74 Å². The maximum atomic E-state index is 12.5. The second-order valence-electron chi connectivity index (χ2n) is 6.68. The number of benzene rings is 1. The second-order valence-corrected chi connectivity index (χ2v) is 7.81. The van der Waals surface area contributed by atoms with Crippen LogP contribution in [0, 0.1) is 6.92 Å². The van der Waals surface area contributed by atoms with Gasteiger partial charge in [-0.15, -0.1) is 0 Å². The van der Waals surface area contributed by atoms with E-state index in [1.165, 1.54) is 18.5 Å². The number of hydrogen-bond acceptors (Lipinski definition) is 6. The lowest BCUT2D eigenvalue weighted by Gasteiger charge is -2.31. The zero-order valence-electron chi connectivity index (χ0n) is 15.6. The van der Waals surface area contributed by atoms with E-state index in [0.29, 0.717) is 17.9 Å². The van der Waals surface area contributed by atoms with E-state index in [4.69, 9.17) is 9.84 Å². The Balaban J connectivity index is 1.60. The van der Waals surface area contributed by atoms with Gasteiger partial charge >= 0.3 is 11.5 Å². The van der Waals surface area contributed by atoms with Crippen LogP contribution in [0.25, 0.3) is 0 Å². The van der Waals surface area contributed by atoms with Crippen LogP contribution in [-0.4, -0.2) is 39.2 Å². The summed E-state index contributed by atoms with van der Waals surface area (Å²) in [5.41, 5.74) is -3.07. The summed E-state index contributed by atoms with van der Waals surface area (Å²) in [6, 6.07) is 6.25. The summed E-state index contributed by atoms with van der Waals surface area (Å²) in [7, 11) is 0. The van der Waals surface area contributed by atoms with E-state index in [1.54, 1.807) is 19.1 Å². The van der Waals surface area contributed by atoms with Gasteiger partial charge in [-0.05, 0) is 55.6 Å². The van der Waals surface area contributed by atoms with Gasteiger partial charge in [0.15, 0.2) is 5.69 Å². The molecule has 2 aromatic rings. The quantitative estimate of drug-likeness (QED) is 0.640. The molecule has 0 aliphatic carbocycles. The smallest absolute Gasteiger partial charge is 0.446 e. The predicted octanol–water partition coefficient (Wildman–Crippen LogP) is 4.82. The van der Waals surface area contributed by atoms with E-state index in [0.717, 1.165) is 24.8 Å². The number of thioether (sulfide) groups is 1. The molecule has 0 saturated carbocycles. The normalized spacial score (nSPS) is 19.7. The van der Waals surface area contributed by atoms with Crippen molar-refractivity contribution >= 4 is 23.5 Å². The first-order chi connectivity index (χ1) is 13.7. The molecular weight excluding hydrogens is 407 g/mol. The van der Waals surface area contributed by atoms with Crippen LogP contribution in [0.5, 0.6) is 0 Å². The molecule has 10 heteroatoms. The van der Waals surface area contributed by atoms with Crippen LogP contribution in [0.4, 0.5) is 19.0 Å². The molecule has 6 nitrogen and oxygen atoms in total. The monoisotopic (exact) mass is 427 g/mol. The molecule has 1 aliphatic rings. The maximum Gasteiger partial charge on any atom is 0.446 e. The highest BCUT2D eigenvalue weighted by atomic mass is 32.2. The van der Waals surface area contributed by atoms with Gasteiger partial charge in [0.05, 0.1) is 12.2 Å². The number of aromatic nitrogens is 2. The number of alkyl halides is 3. The molecule has 1 aromatic heterocycles. The third kappa shape index (κ3) is 5.83. The van der Waals surface area contributed by atoms with Crippen molar-refractivity contribution < 1.29 is 27.8 Å². The molecule has 1 aromatic carbocycles. The molecule has 0 amide bonds. The minimum atomic E-state index is -4.31. The van der Waals surface area contributed by atoms with Crippen molar-refractivity contribution in [3.63, 3.8) is 0 Å². The fourth-order valence-corrected chi connectivity index (χ4v) is 3.77. The van der Waals surface area contributed by atoms with E-state index >= 15 is 0 Å². The lowest BCUT2D eigenvalue weighted by molar-refractivity contribution is -0.0442. The summed E-state index contributed by atoms with van der Waals surface area (Å²) >= 11 is -0.138. The summed E-state index contributed by atoms with van der Waals surface area (Å²) in [5.74, 6) is -0.675. The summed E-state index contributed by atoms with van der Waals surface area (Å²) in [6.45, 7) is 2.08. The van der Waals surface area contributed by atoms with E-state index in [9.17, 15) is 18.0 Å². The van der Waals surface area contributed by atoms with Crippen molar-refractivity contribution in [2.75, 3.05) is 11.9 Å². The lowest BCUT2D eigenvalue weighted by atomic mass is 9.98. The number of rotatable bonds is 6. The Kier molecular flexibility index (Phi) is 6.63. The number of hydrogen-bond donors (Lipinski definition) is 2. The number of nitrogens with zero attached hydrogens (tertiary/aromatic N) is 2. The van der Waals surface area contributed by atoms with Crippen LogP contribution < -0.4 is 5.32 Å². The van der Waals surface area contributed by atoms with Crippen molar-refractivity contribution in [2.45, 2.75) is 48.8 Å². The predicted molar refractivity (Wildman–Crippen MR) is 102 cm³/mol. The van der Waals surface area contributed by atoms with Crippen molar-refractivity contribution in [1.29, 1.82) is 0 Å². The number of anilines is 1. The first-order valence-corrected chi connectivity index (χ1v) is 9.84. The molecule has 1 fully saturated rings. The molecule has 29 heavy (non-hydrogen) atoms. The van der Waals surface area contributed by atoms with Gasteiger partial charge in [0.1, 0.15) is 12.1 Å². The number of aromatic carboxylic acids is 1. The number of carboxylic acid groups (broad SMARTS) is 1. The summed E-state index contributed by atoms with van der Waals surface area (Å²) in [6.07, 6.45) is 3.41. The molecule has 2 N–H and O–H groups in total. The Bertz CT molecular complexity index is 862. The van der Waals surface area contributed by atoms with Crippen LogP contribution in [0.3, 0.4) is 0 Å². The number of carboxylic acids is 1. The van der Waals surface area contributed by atoms with Gasteiger partial charge in [-0.2, -0.15) is 13.2 Å². The average molecular weight is 427 g/mol. The molecule has 0 unspecified atom stereocenters. The van der Waals surface area contributed by atoms with Gasteiger partial charge in [-0.25, -0.2) is 14.8 Å². The minimum Gasteiger partial charge on any atom is -0.476 e. The lowest BCUT2D eigenvalue weighted by Crippen LogP contribution is -2.29. The van der Waals surface area contributed by atoms with Crippen molar-refractivity contribution in [1.82, 2.24) is 9.97 Å². The van der Waals surface area contributed by atoms with Crippen molar-refractivity contribution in [3.05, 3.63) is 47.4 Å². The molecule has 0 radical (unpaired) electrons. The average Bonchev–Trinajstić information content (AvgIpc) is 2.66. The molecule has 0 bridgehead atoms. The SMILES string of the molecule is Cc1c(NC[C@H]2CCC[C@@H](c3ccc(SC(F)(F)F)cc3)O2)ncnc1C(=O)O. The zero-order chi connectivity index (χ0) is 21.0. The number of carbonyl (C=O) groups is 1. The first kappa shape index (κ1) is 21.4. The Hall–Kier alpha value is -2.33. The molecule has 1 saturated heterocycles. The third-order valence-corrected chi connectivity index (χ3v) is 5.36. The van der Waals surface area contributed by atoms with Crippen LogP contribution in [0.1, 0.15) is 47.0 Å². The van der Waals surface area contributed by atoms with Crippen molar-refractivity contribution in [3.8, 4) is 0 Å². The van der Waals surface area contributed by atoms with Gasteiger partial charge < -0.3 is 15.2 Å². The molecule has 2 atom stereocenters. The van der Waals surface area contributed by atoms with Gasteiger partial charge in [-0.1, -0.05) is 12.1 Å². The van der Waals surface area contributed by atoms with Gasteiger partial charge in [0.2, 0.25) is 0 Å². The number of ether oxygens (including phenoxy) is 1. The van der Waals surface area contributed by atoms with E-state index in [1.807, 2.05) is 0 Å². The van der Waals surface area contributed by atoms with Crippen LogP contribution in [0.2, 0.25) is 0 Å². The third-order valence-electron chi connectivity index (χ3n) is 4.62. The van der Waals surface area contributed by atoms with Gasteiger partial charge in [-0.3, -0.25) is 0 Å². The maximum absolute atomic E-state index is 12.5. The summed E-state index contributed by atoms with van der Waals surface area (Å²) in [5, 5.41) is 12.3. The summed E-state index contributed by atoms with van der Waals surface area (Å²) in [4.78, 5) is 19.2. The summed E-state index contributed by atoms with van der Waals surface area (Å²) < 4.78 is 43.5. The first-order valence-electron chi connectivity index (χ1n) is 9.03. The van der Waals surface area contributed by atoms with Gasteiger partial charge in [0.25, 0.3) is 0 Å². The molecule has 156 valence electrons. The minimum absolute atomic E-state index is 0.0539. The van der Waals surface area contributed by atoms with E-state index < -0.39 is 11.5 Å². The Morgan fingerprint density at radius 1 is 1.28 bits per heavy atom. The highest BCUT2D eigenvalue weighted by Crippen LogP contribution is 2.38. The molecule has 0 spiro atoms. The van der Waals surface area contributed by atoms with E-state index in [-0.39, 0.29) is 34.6 Å². The zero-order valence-corrected chi connectivity index (χ0v) is 16.4. The second kappa shape index (κ2) is 9.00. The largest absolute Gasteiger partial charge is 0.476 e. The van der Waals surface area contributed by atoms with Crippen LogP contribution in [0.15, 0.2) is 35.5 Å². The molecule has 2 heterocycles. The van der Waals surface area contributed by atoms with Crippen LogP contribution >= 0.6 is 11.8 Å². The Morgan fingerprint density at radius 2 is 2.00 bits per heavy atom. The molecule has 1 aliphatic heterocycles. The number of halogens is 3. The highest BCUT2D eigenvalue weighted by Gasteiger charge is 2.29. The fraction of sp³-hybridized carbons (Fsp3) is 0.421.